The molecule has 1 fully saturated rings. The Kier molecular flexibility index (Phi) is 2.91. The third-order valence-electron chi connectivity index (χ3n) is 5.90. The van der Waals surface area contributed by atoms with E-state index in [1.807, 2.05) is 0 Å². The van der Waals surface area contributed by atoms with E-state index in [1.165, 1.54) is 18.4 Å². The number of allylic oxidation sites excluding steroid dienone is 1. The van der Waals surface area contributed by atoms with Gasteiger partial charge in [0.15, 0.2) is 0 Å². The molecule has 2 atom stereocenters. The van der Waals surface area contributed by atoms with Gasteiger partial charge in [-0.2, -0.15) is 0 Å². The molecular formula is C16H30. The molecule has 1 saturated carbocycles. The van der Waals surface area contributed by atoms with Gasteiger partial charge in [-0.05, 0) is 41.4 Å². The lowest BCUT2D eigenvalue weighted by molar-refractivity contribution is 0.0230. The van der Waals surface area contributed by atoms with Crippen LogP contribution in [0.2, 0.25) is 0 Å². The van der Waals surface area contributed by atoms with Crippen molar-refractivity contribution in [2.75, 3.05) is 0 Å². The molecule has 0 amide bonds. The second-order valence-corrected chi connectivity index (χ2v) is 8.08. The number of hydrogen-bond acceptors (Lipinski definition) is 0. The molecule has 0 aliphatic heterocycles. The van der Waals surface area contributed by atoms with E-state index in [2.05, 4.69) is 62.0 Å². The highest BCUT2D eigenvalue weighted by molar-refractivity contribution is 5.20. The summed E-state index contributed by atoms with van der Waals surface area (Å²) in [5, 5.41) is 0. The monoisotopic (exact) mass is 222 g/mol. The van der Waals surface area contributed by atoms with Crippen molar-refractivity contribution in [2.24, 2.45) is 21.7 Å². The molecule has 1 aliphatic carbocycles. The lowest BCUT2D eigenvalue weighted by Crippen LogP contribution is -2.39. The fourth-order valence-corrected chi connectivity index (χ4v) is 3.46. The summed E-state index contributed by atoms with van der Waals surface area (Å²) < 4.78 is 0. The molecule has 0 saturated heterocycles. The maximum Gasteiger partial charge on any atom is -0.0207 e. The minimum absolute atomic E-state index is 0.356. The fourth-order valence-electron chi connectivity index (χ4n) is 3.46. The maximum atomic E-state index is 4.09. The summed E-state index contributed by atoms with van der Waals surface area (Å²) in [6, 6.07) is 0. The van der Waals surface area contributed by atoms with E-state index in [1.54, 1.807) is 0 Å². The Hall–Kier alpha value is -0.260. The van der Waals surface area contributed by atoms with Crippen molar-refractivity contribution in [3.63, 3.8) is 0 Å². The Bertz CT molecular complexity index is 302. The van der Waals surface area contributed by atoms with Gasteiger partial charge in [-0.25, -0.2) is 0 Å². The topological polar surface area (TPSA) is 0 Å². The first-order chi connectivity index (χ1) is 6.87. The number of rotatable bonds is 3. The zero-order valence-electron chi connectivity index (χ0n) is 12.6. The Labute approximate surface area is 103 Å². The van der Waals surface area contributed by atoms with Crippen molar-refractivity contribution >= 4 is 0 Å². The smallest absolute Gasteiger partial charge is 0.0207 e. The van der Waals surface area contributed by atoms with Crippen LogP contribution in [0.25, 0.3) is 0 Å². The summed E-state index contributed by atoms with van der Waals surface area (Å²) in [5.41, 5.74) is 2.97. The van der Waals surface area contributed by atoms with Crippen LogP contribution in [0, 0.1) is 21.7 Å². The largest absolute Gasteiger partial charge is 0.100 e. The summed E-state index contributed by atoms with van der Waals surface area (Å²) in [4.78, 5) is 0. The predicted molar refractivity (Wildman–Crippen MR) is 73.5 cm³/mol. The zero-order valence-corrected chi connectivity index (χ0v) is 12.6. The van der Waals surface area contributed by atoms with Gasteiger partial charge in [-0.1, -0.05) is 54.0 Å². The average Bonchev–Trinajstić information content (AvgIpc) is 2.50. The van der Waals surface area contributed by atoms with Gasteiger partial charge in [0.05, 0.1) is 0 Å². The van der Waals surface area contributed by atoms with Crippen molar-refractivity contribution in [2.45, 2.75) is 68.2 Å². The second-order valence-electron chi connectivity index (χ2n) is 8.08. The van der Waals surface area contributed by atoms with E-state index in [-0.39, 0.29) is 0 Å². The summed E-state index contributed by atoms with van der Waals surface area (Å²) in [7, 11) is 0. The van der Waals surface area contributed by atoms with Gasteiger partial charge in [-0.3, -0.25) is 0 Å². The average molecular weight is 222 g/mol. The van der Waals surface area contributed by atoms with Crippen LogP contribution >= 0.6 is 0 Å². The molecule has 16 heavy (non-hydrogen) atoms. The first-order valence-corrected chi connectivity index (χ1v) is 6.52. The van der Waals surface area contributed by atoms with Crippen molar-refractivity contribution < 1.29 is 0 Å². The molecule has 0 spiro atoms. The SMILES string of the molecule is C=C(C)CC1(C)CC1(C)C(C)(C)C(C)(C)C. The molecule has 1 rings (SSSR count). The highest BCUT2D eigenvalue weighted by Gasteiger charge is 2.69. The Morgan fingerprint density at radius 1 is 1.12 bits per heavy atom. The van der Waals surface area contributed by atoms with E-state index in [9.17, 15) is 0 Å². The molecule has 1 aliphatic rings. The van der Waals surface area contributed by atoms with E-state index < -0.39 is 0 Å². The van der Waals surface area contributed by atoms with E-state index in [0.717, 1.165) is 0 Å². The summed E-state index contributed by atoms with van der Waals surface area (Å²) in [5.74, 6) is 0. The van der Waals surface area contributed by atoms with Crippen molar-refractivity contribution in [1.82, 2.24) is 0 Å². The van der Waals surface area contributed by atoms with Gasteiger partial charge < -0.3 is 0 Å². The van der Waals surface area contributed by atoms with Gasteiger partial charge in [0.25, 0.3) is 0 Å². The molecule has 2 unspecified atom stereocenters. The highest BCUT2D eigenvalue weighted by atomic mass is 14.7. The first kappa shape index (κ1) is 13.8. The third kappa shape index (κ3) is 1.75. The van der Waals surface area contributed by atoms with Gasteiger partial charge in [0, 0.05) is 0 Å². The molecule has 0 aromatic carbocycles. The Balaban J connectivity index is 2.96. The molecule has 0 N–H and O–H groups in total. The van der Waals surface area contributed by atoms with Crippen LogP contribution in [0.1, 0.15) is 68.2 Å². The van der Waals surface area contributed by atoms with E-state index in [0.29, 0.717) is 21.7 Å². The molecule has 0 aromatic heterocycles. The van der Waals surface area contributed by atoms with Gasteiger partial charge in [0.2, 0.25) is 0 Å². The molecule has 0 bridgehead atoms. The summed E-state index contributed by atoms with van der Waals surface area (Å²) >= 11 is 0. The first-order valence-electron chi connectivity index (χ1n) is 6.52. The van der Waals surface area contributed by atoms with Crippen LogP contribution in [0.5, 0.6) is 0 Å². The second kappa shape index (κ2) is 3.37. The molecule has 0 nitrogen and oxygen atoms in total. The maximum absolute atomic E-state index is 4.09. The minimum atomic E-state index is 0.356. The van der Waals surface area contributed by atoms with Gasteiger partial charge in [-0.15, -0.1) is 6.58 Å². The molecular weight excluding hydrogens is 192 g/mol. The quantitative estimate of drug-likeness (QED) is 0.558. The lowest BCUT2D eigenvalue weighted by atomic mass is 9.58. The zero-order chi connectivity index (χ0) is 13.0. The minimum Gasteiger partial charge on any atom is -0.100 e. The molecule has 0 aromatic rings. The molecule has 0 heteroatoms. The summed E-state index contributed by atoms with van der Waals surface area (Å²) in [6.45, 7) is 23.2. The standard InChI is InChI=1S/C16H30/c1-12(2)10-15(8)11-16(15,9)14(6,7)13(3,4)5/h1,10-11H2,2-9H3. The van der Waals surface area contributed by atoms with Crippen molar-refractivity contribution in [3.05, 3.63) is 12.2 Å². The Morgan fingerprint density at radius 3 is 1.88 bits per heavy atom. The van der Waals surface area contributed by atoms with Crippen LogP contribution in [-0.2, 0) is 0 Å². The number of hydrogen-bond donors (Lipinski definition) is 0. The summed E-state index contributed by atoms with van der Waals surface area (Å²) in [6.07, 6.45) is 2.53. The molecule has 94 valence electrons. The third-order valence-corrected chi connectivity index (χ3v) is 5.90. The van der Waals surface area contributed by atoms with Gasteiger partial charge >= 0.3 is 0 Å². The van der Waals surface area contributed by atoms with Crippen LogP contribution in [0.4, 0.5) is 0 Å². The predicted octanol–water partition coefficient (Wildman–Crippen LogP) is 5.44. The fraction of sp³-hybridized carbons (Fsp3) is 0.875. The van der Waals surface area contributed by atoms with E-state index >= 15 is 0 Å². The van der Waals surface area contributed by atoms with Crippen molar-refractivity contribution in [1.29, 1.82) is 0 Å². The molecule has 0 heterocycles. The van der Waals surface area contributed by atoms with Crippen LogP contribution < -0.4 is 0 Å². The molecule has 0 radical (unpaired) electrons. The lowest BCUT2D eigenvalue weighted by Gasteiger charge is -2.47. The highest BCUT2D eigenvalue weighted by Crippen LogP contribution is 2.76. The van der Waals surface area contributed by atoms with Crippen LogP contribution in [0.15, 0.2) is 12.2 Å². The van der Waals surface area contributed by atoms with Crippen LogP contribution in [0.3, 0.4) is 0 Å². The van der Waals surface area contributed by atoms with Crippen molar-refractivity contribution in [3.8, 4) is 0 Å². The van der Waals surface area contributed by atoms with Crippen LogP contribution in [-0.4, -0.2) is 0 Å². The Morgan fingerprint density at radius 2 is 1.56 bits per heavy atom. The van der Waals surface area contributed by atoms with E-state index in [4.69, 9.17) is 0 Å². The normalized spacial score (nSPS) is 35.0. The van der Waals surface area contributed by atoms with Gasteiger partial charge in [0.1, 0.15) is 0 Å².